The van der Waals surface area contributed by atoms with E-state index in [1.54, 1.807) is 0 Å². The lowest BCUT2D eigenvalue weighted by molar-refractivity contribution is 0.00578. The van der Waals surface area contributed by atoms with Crippen LogP contribution in [0.4, 0.5) is 0 Å². The van der Waals surface area contributed by atoms with Crippen molar-refractivity contribution in [2.24, 2.45) is 0 Å². The first-order valence-electron chi connectivity index (χ1n) is 7.16. The molecule has 0 radical (unpaired) electrons. The highest BCUT2D eigenvalue weighted by Crippen LogP contribution is 2.36. The van der Waals surface area contributed by atoms with E-state index in [9.17, 15) is 4.21 Å². The van der Waals surface area contributed by atoms with Gasteiger partial charge in [0, 0.05) is 21.7 Å². The van der Waals surface area contributed by atoms with Gasteiger partial charge in [-0.3, -0.25) is 8.99 Å². The zero-order valence-corrected chi connectivity index (χ0v) is 14.3. The third-order valence-electron chi connectivity index (χ3n) is 4.26. The van der Waals surface area contributed by atoms with Gasteiger partial charge in [0.2, 0.25) is 0 Å². The van der Waals surface area contributed by atoms with Crippen LogP contribution in [0.25, 0.3) is 0 Å². The molecule has 1 aliphatic heterocycles. The SMILES string of the molecule is CC1(C)OB(c2cccc(CCS(C)(=N)=O)c2)OC1(C)C. The molecule has 0 aromatic heterocycles. The molecule has 1 aromatic carbocycles. The van der Waals surface area contributed by atoms with Crippen molar-refractivity contribution < 1.29 is 13.5 Å². The first-order chi connectivity index (χ1) is 9.50. The van der Waals surface area contributed by atoms with Gasteiger partial charge in [-0.1, -0.05) is 24.3 Å². The highest BCUT2D eigenvalue weighted by Gasteiger charge is 2.51. The van der Waals surface area contributed by atoms with Crippen molar-refractivity contribution in [3.63, 3.8) is 0 Å². The maximum atomic E-state index is 11.5. The van der Waals surface area contributed by atoms with E-state index in [4.69, 9.17) is 14.1 Å². The third-order valence-corrected chi connectivity index (χ3v) is 5.24. The molecule has 0 amide bonds. The second-order valence-corrected chi connectivity index (χ2v) is 9.21. The second kappa shape index (κ2) is 5.41. The second-order valence-electron chi connectivity index (χ2n) is 6.79. The molecule has 1 unspecified atom stereocenters. The minimum atomic E-state index is -2.45. The molecule has 6 heteroatoms. The molecular weight excluding hydrogens is 285 g/mol. The van der Waals surface area contributed by atoms with Crippen molar-refractivity contribution in [1.29, 1.82) is 4.78 Å². The Morgan fingerprint density at radius 3 is 2.29 bits per heavy atom. The average molecular weight is 309 g/mol. The number of benzene rings is 1. The van der Waals surface area contributed by atoms with Crippen LogP contribution in [0.3, 0.4) is 0 Å². The Kier molecular flexibility index (Phi) is 4.26. The number of rotatable bonds is 4. The molecule has 0 aliphatic carbocycles. The number of hydrogen-bond acceptors (Lipinski definition) is 4. The molecule has 2 rings (SSSR count). The number of aryl methyl sites for hydroxylation is 1. The van der Waals surface area contributed by atoms with E-state index in [2.05, 4.69) is 0 Å². The summed E-state index contributed by atoms with van der Waals surface area (Å²) in [6.45, 7) is 8.12. The quantitative estimate of drug-likeness (QED) is 0.868. The third kappa shape index (κ3) is 3.87. The molecule has 116 valence electrons. The highest BCUT2D eigenvalue weighted by molar-refractivity contribution is 7.91. The van der Waals surface area contributed by atoms with Crippen LogP contribution in [-0.4, -0.2) is 34.5 Å². The zero-order chi connectivity index (χ0) is 15.9. The Morgan fingerprint density at radius 1 is 1.19 bits per heavy atom. The van der Waals surface area contributed by atoms with E-state index in [0.29, 0.717) is 12.2 Å². The van der Waals surface area contributed by atoms with Crippen molar-refractivity contribution in [3.05, 3.63) is 29.8 Å². The zero-order valence-electron chi connectivity index (χ0n) is 13.4. The molecule has 1 heterocycles. The monoisotopic (exact) mass is 309 g/mol. The molecule has 0 bridgehead atoms. The fourth-order valence-electron chi connectivity index (χ4n) is 2.19. The molecule has 1 N–H and O–H groups in total. The van der Waals surface area contributed by atoms with Gasteiger partial charge in [-0.25, -0.2) is 0 Å². The van der Waals surface area contributed by atoms with Gasteiger partial charge in [-0.2, -0.15) is 0 Å². The predicted molar refractivity (Wildman–Crippen MR) is 87.5 cm³/mol. The van der Waals surface area contributed by atoms with Crippen molar-refractivity contribution >= 4 is 22.3 Å². The lowest BCUT2D eigenvalue weighted by atomic mass is 9.78. The van der Waals surface area contributed by atoms with Gasteiger partial charge >= 0.3 is 7.12 Å². The van der Waals surface area contributed by atoms with Crippen LogP contribution < -0.4 is 5.46 Å². The fraction of sp³-hybridized carbons (Fsp3) is 0.600. The smallest absolute Gasteiger partial charge is 0.399 e. The van der Waals surface area contributed by atoms with Gasteiger partial charge in [0.1, 0.15) is 0 Å². The van der Waals surface area contributed by atoms with Crippen molar-refractivity contribution in [1.82, 2.24) is 0 Å². The van der Waals surface area contributed by atoms with Gasteiger partial charge < -0.3 is 9.31 Å². The Bertz CT molecular complexity index is 610. The standard InChI is InChI=1S/C15H24BNO3S/c1-14(2)15(3,4)20-16(19-14)13-8-6-7-12(11-13)9-10-21(5,17)18/h6-8,11,17H,9-10H2,1-5H3. The summed E-state index contributed by atoms with van der Waals surface area (Å²) in [6.07, 6.45) is 2.11. The summed E-state index contributed by atoms with van der Waals surface area (Å²) >= 11 is 0. The molecule has 1 aromatic rings. The van der Waals surface area contributed by atoms with Crippen LogP contribution >= 0.6 is 0 Å². The molecule has 4 nitrogen and oxygen atoms in total. The predicted octanol–water partition coefficient (Wildman–Crippen LogP) is 2.20. The van der Waals surface area contributed by atoms with Crippen molar-refractivity contribution in [2.75, 3.05) is 12.0 Å². The number of hydrogen-bond donors (Lipinski definition) is 1. The lowest BCUT2D eigenvalue weighted by Crippen LogP contribution is -2.41. The Morgan fingerprint density at radius 2 is 1.76 bits per heavy atom. The number of nitrogens with one attached hydrogen (secondary N) is 1. The van der Waals surface area contributed by atoms with Crippen LogP contribution in [0.2, 0.25) is 0 Å². The summed E-state index contributed by atoms with van der Waals surface area (Å²) in [5.41, 5.74) is 1.32. The molecule has 1 atom stereocenters. The highest BCUT2D eigenvalue weighted by atomic mass is 32.2. The normalized spacial score (nSPS) is 23.0. The molecule has 0 saturated carbocycles. The van der Waals surface area contributed by atoms with Crippen molar-refractivity contribution in [2.45, 2.75) is 45.3 Å². The summed E-state index contributed by atoms with van der Waals surface area (Å²) in [5, 5.41) is 0. The molecule has 1 aliphatic rings. The molecular formula is C15H24BNO3S. The van der Waals surface area contributed by atoms with Gasteiger partial charge in [-0.05, 0) is 45.1 Å². The minimum Gasteiger partial charge on any atom is -0.399 e. The molecule has 0 spiro atoms. The minimum absolute atomic E-state index is 0.355. The summed E-state index contributed by atoms with van der Waals surface area (Å²) in [5.74, 6) is 0.375. The van der Waals surface area contributed by atoms with Gasteiger partial charge in [0.05, 0.1) is 11.2 Å². The largest absolute Gasteiger partial charge is 0.494 e. The molecule has 1 saturated heterocycles. The Balaban J connectivity index is 2.16. The van der Waals surface area contributed by atoms with E-state index in [0.717, 1.165) is 11.0 Å². The summed E-state index contributed by atoms with van der Waals surface area (Å²) in [4.78, 5) is 0. The topological polar surface area (TPSA) is 59.4 Å². The van der Waals surface area contributed by atoms with E-state index >= 15 is 0 Å². The van der Waals surface area contributed by atoms with Gasteiger partial charge in [-0.15, -0.1) is 0 Å². The Hall–Kier alpha value is -0.845. The van der Waals surface area contributed by atoms with Crippen LogP contribution in [0.5, 0.6) is 0 Å². The maximum absolute atomic E-state index is 11.5. The van der Waals surface area contributed by atoms with Crippen LogP contribution in [-0.2, 0) is 25.5 Å². The van der Waals surface area contributed by atoms with Gasteiger partial charge in [0.25, 0.3) is 0 Å². The molecule has 21 heavy (non-hydrogen) atoms. The maximum Gasteiger partial charge on any atom is 0.494 e. The summed E-state index contributed by atoms with van der Waals surface area (Å²) in [7, 11) is -2.83. The van der Waals surface area contributed by atoms with Crippen LogP contribution in [0.1, 0.15) is 33.3 Å². The molecule has 1 fully saturated rings. The van der Waals surface area contributed by atoms with E-state index in [1.165, 1.54) is 6.26 Å². The summed E-state index contributed by atoms with van der Waals surface area (Å²) < 4.78 is 31.0. The Labute approximate surface area is 128 Å². The van der Waals surface area contributed by atoms with Crippen LogP contribution in [0, 0.1) is 4.78 Å². The first-order valence-corrected chi connectivity index (χ1v) is 9.30. The first kappa shape index (κ1) is 16.5. The van der Waals surface area contributed by atoms with E-state index < -0.39 is 9.73 Å². The van der Waals surface area contributed by atoms with E-state index in [1.807, 2.05) is 52.0 Å². The lowest BCUT2D eigenvalue weighted by Gasteiger charge is -2.32. The average Bonchev–Trinajstić information content (AvgIpc) is 2.56. The fourth-order valence-corrected chi connectivity index (χ4v) is 2.81. The van der Waals surface area contributed by atoms with E-state index in [-0.39, 0.29) is 18.3 Å². The van der Waals surface area contributed by atoms with Crippen molar-refractivity contribution in [3.8, 4) is 0 Å². The van der Waals surface area contributed by atoms with Crippen LogP contribution in [0.15, 0.2) is 24.3 Å². The van der Waals surface area contributed by atoms with Gasteiger partial charge in [0.15, 0.2) is 0 Å². The summed E-state index contributed by atoms with van der Waals surface area (Å²) in [6, 6.07) is 7.94.